The molecule has 3 aliphatic heterocycles. The number of para-hydroxylation sites is 1. The Morgan fingerprint density at radius 2 is 1.39 bits per heavy atom. The maximum Gasteiger partial charge on any atom is 0.311 e. The second-order valence-corrected chi connectivity index (χ2v) is 17.1. The minimum Gasteiger partial charge on any atom is -0.508 e. The zero-order chi connectivity index (χ0) is 44.5. The quantitative estimate of drug-likeness (QED) is 0.0590. The molecule has 0 radical (unpaired) electrons. The monoisotopic (exact) mass is 885 g/mol. The minimum atomic E-state index is -4.81. The van der Waals surface area contributed by atoms with Crippen LogP contribution in [0.5, 0.6) is 11.5 Å². The van der Waals surface area contributed by atoms with E-state index in [1.807, 2.05) is 0 Å². The number of halogens is 1. The zero-order valence-electron chi connectivity index (χ0n) is 32.9. The van der Waals surface area contributed by atoms with Crippen LogP contribution in [-0.2, 0) is 29.1 Å². The van der Waals surface area contributed by atoms with Gasteiger partial charge in [-0.2, -0.15) is 8.42 Å². The van der Waals surface area contributed by atoms with Crippen molar-refractivity contribution in [3.63, 3.8) is 0 Å². The van der Waals surface area contributed by atoms with Gasteiger partial charge in [-0.3, -0.25) is 4.79 Å². The fourth-order valence-electron chi connectivity index (χ4n) is 8.11. The number of aromatic hydroxyl groups is 1. The van der Waals surface area contributed by atoms with E-state index in [1.165, 1.54) is 47.4 Å². The van der Waals surface area contributed by atoms with Crippen LogP contribution >= 0.6 is 0 Å². The number of amides is 1. The number of benzene rings is 4. The van der Waals surface area contributed by atoms with Gasteiger partial charge in [-0.25, -0.2) is 4.39 Å². The smallest absolute Gasteiger partial charge is 0.311 e. The number of hydrogen-bond donors (Lipinski definition) is 9. The van der Waals surface area contributed by atoms with Crippen molar-refractivity contribution in [3.8, 4) is 22.6 Å². The van der Waals surface area contributed by atoms with Crippen molar-refractivity contribution in [1.29, 1.82) is 0 Å². The molecule has 3 aliphatic rings. The van der Waals surface area contributed by atoms with E-state index in [1.54, 1.807) is 54.6 Å². The SMILES string of the molecule is O=C1[C@H](CCC(O)c2ccc(F)cc2)C(c2ccc(-c3ccc(O)cc3)cc2OS(=O)(=O)CC2OC(CO)C(OC3OC(CO)C(O)C(O)C3O)C(O)C2O)N1c1ccccc1. The number of phenolic OH excluding ortho intramolecular Hbond substituents is 1. The lowest BCUT2D eigenvalue weighted by Gasteiger charge is -2.48. The summed E-state index contributed by atoms with van der Waals surface area (Å²) in [5.41, 5.74) is 2.21. The summed E-state index contributed by atoms with van der Waals surface area (Å²) in [4.78, 5) is 15.4. The third kappa shape index (κ3) is 9.49. The molecular weight excluding hydrogens is 838 g/mol. The molecule has 7 rings (SSSR count). The molecule has 0 aromatic heterocycles. The third-order valence-corrected chi connectivity index (χ3v) is 12.6. The maximum atomic E-state index is 14.1. The molecular formula is C43H48FNO16S. The molecule has 3 saturated heterocycles. The first-order valence-corrected chi connectivity index (χ1v) is 21.4. The van der Waals surface area contributed by atoms with Crippen LogP contribution in [0.1, 0.15) is 36.1 Å². The van der Waals surface area contributed by atoms with Gasteiger partial charge in [-0.1, -0.05) is 54.6 Å². The van der Waals surface area contributed by atoms with E-state index in [0.717, 1.165) is 0 Å². The predicted octanol–water partition coefficient (Wildman–Crippen LogP) is 0.791. The Kier molecular flexibility index (Phi) is 13.9. The zero-order valence-corrected chi connectivity index (χ0v) is 33.7. The van der Waals surface area contributed by atoms with Crippen LogP contribution in [0.2, 0.25) is 0 Å². The van der Waals surface area contributed by atoms with E-state index in [-0.39, 0.29) is 35.8 Å². The number of β-lactam (4-membered cyclic amide) rings is 1. The number of rotatable bonds is 15. The lowest BCUT2D eigenvalue weighted by Crippen LogP contribution is -2.65. The maximum absolute atomic E-state index is 14.1. The number of phenols is 1. The van der Waals surface area contributed by atoms with Crippen LogP contribution in [0.15, 0.2) is 97.1 Å². The molecule has 1 amide bonds. The number of anilines is 1. The van der Waals surface area contributed by atoms with Gasteiger partial charge in [0.2, 0.25) is 5.91 Å². The van der Waals surface area contributed by atoms with Crippen molar-refractivity contribution in [2.24, 2.45) is 5.92 Å². The Morgan fingerprint density at radius 1 is 0.742 bits per heavy atom. The molecule has 0 saturated carbocycles. The molecule has 0 bridgehead atoms. The fourth-order valence-corrected chi connectivity index (χ4v) is 9.28. The molecule has 19 heteroatoms. The molecule has 17 nitrogen and oxygen atoms in total. The molecule has 13 atom stereocenters. The summed E-state index contributed by atoms with van der Waals surface area (Å²) in [5, 5.41) is 93.8. The first-order valence-electron chi connectivity index (χ1n) is 19.9. The van der Waals surface area contributed by atoms with Crippen molar-refractivity contribution in [3.05, 3.63) is 114 Å². The standard InChI is InChI=1S/C43H48FNO16S/c44-25-11-6-23(7-12-25)30(49)17-16-29-35(45(42(29)55)26-4-2-1-3-5-26)28-15-10-24(22-8-13-27(48)14-9-22)18-31(28)61-62(56,57)21-34-37(51)39(53)41(33(20-47)58-34)60-43-40(54)38(52)36(50)32(19-46)59-43/h1-15,18,29-30,32-41,43,46-54H,16-17,19-21H2/t29-,30?,32?,33?,34?,35?,36?,37?,38?,39?,40?,41?,43?/m1/s1. The van der Waals surface area contributed by atoms with Gasteiger partial charge in [0.1, 0.15) is 78.0 Å². The van der Waals surface area contributed by atoms with Crippen LogP contribution < -0.4 is 9.08 Å². The van der Waals surface area contributed by atoms with Crippen molar-refractivity contribution in [2.75, 3.05) is 23.9 Å². The summed E-state index contributed by atoms with van der Waals surface area (Å²) < 4.78 is 64.2. The highest BCUT2D eigenvalue weighted by Crippen LogP contribution is 2.50. The van der Waals surface area contributed by atoms with Gasteiger partial charge in [0.25, 0.3) is 0 Å². The first-order chi connectivity index (χ1) is 29.6. The van der Waals surface area contributed by atoms with Crippen molar-refractivity contribution < 1.29 is 82.0 Å². The minimum absolute atomic E-state index is 0.0168. The van der Waals surface area contributed by atoms with E-state index < -0.39 is 114 Å². The summed E-state index contributed by atoms with van der Waals surface area (Å²) in [6.07, 6.45) is -18.4. The van der Waals surface area contributed by atoms with Crippen molar-refractivity contribution >= 4 is 21.7 Å². The summed E-state index contributed by atoms with van der Waals surface area (Å²) in [7, 11) is -4.81. The summed E-state index contributed by atoms with van der Waals surface area (Å²) in [5.74, 6) is -2.91. The number of hydrogen-bond acceptors (Lipinski definition) is 16. The normalized spacial score (nSPS) is 30.7. The lowest BCUT2D eigenvalue weighted by atomic mass is 9.77. The predicted molar refractivity (Wildman–Crippen MR) is 215 cm³/mol. The Labute approximate surface area is 355 Å². The van der Waals surface area contributed by atoms with Crippen molar-refractivity contribution in [2.45, 2.75) is 86.2 Å². The first kappa shape index (κ1) is 45.4. The number of aliphatic hydroxyl groups excluding tert-OH is 8. The summed E-state index contributed by atoms with van der Waals surface area (Å²) >= 11 is 0. The van der Waals surface area contributed by atoms with E-state index in [9.17, 15) is 63.6 Å². The van der Waals surface area contributed by atoms with Gasteiger partial charge in [-0.15, -0.1) is 0 Å². The van der Waals surface area contributed by atoms with Gasteiger partial charge < -0.3 is 69.3 Å². The Balaban J connectivity index is 1.17. The highest BCUT2D eigenvalue weighted by Gasteiger charge is 2.52. The second kappa shape index (κ2) is 19.0. The molecule has 0 aliphatic carbocycles. The summed E-state index contributed by atoms with van der Waals surface area (Å²) in [6.45, 7) is -1.69. The van der Waals surface area contributed by atoms with Crippen LogP contribution in [0.25, 0.3) is 11.1 Å². The van der Waals surface area contributed by atoms with E-state index in [2.05, 4.69) is 0 Å². The average Bonchev–Trinajstić information content (AvgIpc) is 3.26. The highest BCUT2D eigenvalue weighted by molar-refractivity contribution is 7.87. The van der Waals surface area contributed by atoms with Gasteiger partial charge in [-0.05, 0) is 72.0 Å². The molecule has 4 aromatic carbocycles. The number of ether oxygens (including phenoxy) is 3. The molecule has 334 valence electrons. The molecule has 3 heterocycles. The molecule has 62 heavy (non-hydrogen) atoms. The largest absolute Gasteiger partial charge is 0.508 e. The van der Waals surface area contributed by atoms with E-state index in [4.69, 9.17) is 18.4 Å². The third-order valence-electron chi connectivity index (χ3n) is 11.5. The van der Waals surface area contributed by atoms with Crippen LogP contribution in [-0.4, -0.2) is 140 Å². The van der Waals surface area contributed by atoms with Crippen LogP contribution in [0, 0.1) is 11.7 Å². The Bertz CT molecular complexity index is 2250. The van der Waals surface area contributed by atoms with Crippen LogP contribution in [0.3, 0.4) is 0 Å². The molecule has 12 unspecified atom stereocenters. The lowest BCUT2D eigenvalue weighted by molar-refractivity contribution is -0.341. The van der Waals surface area contributed by atoms with Crippen molar-refractivity contribution in [1.82, 2.24) is 0 Å². The Morgan fingerprint density at radius 3 is 2.05 bits per heavy atom. The van der Waals surface area contributed by atoms with Gasteiger partial charge in [0, 0.05) is 11.3 Å². The number of nitrogens with zero attached hydrogens (tertiary/aromatic N) is 1. The van der Waals surface area contributed by atoms with Crippen LogP contribution in [0.4, 0.5) is 10.1 Å². The average molecular weight is 886 g/mol. The topological polar surface area (TPSA) is 273 Å². The van der Waals surface area contributed by atoms with E-state index in [0.29, 0.717) is 22.4 Å². The Hall–Kier alpha value is -4.61. The molecule has 9 N–H and O–H groups in total. The molecule has 4 aromatic rings. The molecule has 3 fully saturated rings. The summed E-state index contributed by atoms with van der Waals surface area (Å²) in [6, 6.07) is 23.9. The van der Waals surface area contributed by atoms with Gasteiger partial charge in [0.05, 0.1) is 31.3 Å². The number of carbonyl (C=O) groups excluding carboxylic acids is 1. The van der Waals surface area contributed by atoms with Gasteiger partial charge >= 0.3 is 10.1 Å². The fraction of sp³-hybridized carbons (Fsp3) is 0.419. The van der Waals surface area contributed by atoms with Gasteiger partial charge in [0.15, 0.2) is 6.29 Å². The molecule has 0 spiro atoms. The number of aliphatic hydroxyl groups is 8. The second-order valence-electron chi connectivity index (χ2n) is 15.5. The number of carbonyl (C=O) groups is 1. The highest BCUT2D eigenvalue weighted by atomic mass is 32.2. The van der Waals surface area contributed by atoms with E-state index >= 15 is 0 Å².